The average Bonchev–Trinajstić information content (AvgIpc) is 2.65. The fourth-order valence-electron chi connectivity index (χ4n) is 2.17. The Kier molecular flexibility index (Phi) is 7.14. The van der Waals surface area contributed by atoms with E-state index in [9.17, 15) is 4.79 Å². The van der Waals surface area contributed by atoms with Gasteiger partial charge >= 0.3 is 5.97 Å². The third-order valence-electron chi connectivity index (χ3n) is 4.08. The lowest BCUT2D eigenvalue weighted by molar-refractivity contribution is -0.146. The van der Waals surface area contributed by atoms with Crippen molar-refractivity contribution in [2.24, 2.45) is 11.8 Å². The molecule has 2 unspecified atom stereocenters. The van der Waals surface area contributed by atoms with Crippen LogP contribution in [0.2, 0.25) is 5.02 Å². The molecule has 0 heterocycles. The van der Waals surface area contributed by atoms with Crippen molar-refractivity contribution in [1.82, 2.24) is 0 Å². The van der Waals surface area contributed by atoms with Crippen molar-refractivity contribution in [2.75, 3.05) is 13.7 Å². The van der Waals surface area contributed by atoms with Crippen LogP contribution in [-0.4, -0.2) is 19.7 Å². The monoisotopic (exact) mass is 362 g/mol. The Morgan fingerprint density at radius 2 is 1.52 bits per heavy atom. The molecule has 0 aliphatic carbocycles. The van der Waals surface area contributed by atoms with E-state index in [1.807, 2.05) is 62.4 Å². The smallest absolute Gasteiger partial charge is 0.308 e. The van der Waals surface area contributed by atoms with E-state index in [4.69, 9.17) is 25.8 Å². The van der Waals surface area contributed by atoms with Gasteiger partial charge in [0, 0.05) is 10.9 Å². The first-order valence-corrected chi connectivity index (χ1v) is 8.55. The maximum atomic E-state index is 11.5. The lowest BCUT2D eigenvalue weighted by Crippen LogP contribution is -2.24. The van der Waals surface area contributed by atoms with Crippen LogP contribution in [0.25, 0.3) is 0 Å². The van der Waals surface area contributed by atoms with E-state index in [-0.39, 0.29) is 17.8 Å². The Bertz CT molecular complexity index is 667. The van der Waals surface area contributed by atoms with Crippen molar-refractivity contribution >= 4 is 17.6 Å². The fourth-order valence-corrected chi connectivity index (χ4v) is 2.30. The van der Waals surface area contributed by atoms with Gasteiger partial charge < -0.3 is 14.2 Å². The number of rotatable bonds is 8. The first-order chi connectivity index (χ1) is 12.0. The summed E-state index contributed by atoms with van der Waals surface area (Å²) in [6.45, 7) is 4.73. The molecule has 2 atom stereocenters. The average molecular weight is 363 g/mol. The van der Waals surface area contributed by atoms with Crippen LogP contribution in [0.5, 0.6) is 11.5 Å². The highest BCUT2D eigenvalue weighted by Crippen LogP contribution is 2.21. The van der Waals surface area contributed by atoms with Gasteiger partial charge in [-0.2, -0.15) is 0 Å². The molecule has 0 saturated carbocycles. The van der Waals surface area contributed by atoms with Gasteiger partial charge in [-0.25, -0.2) is 0 Å². The Balaban J connectivity index is 1.81. The zero-order valence-electron chi connectivity index (χ0n) is 14.7. The predicted octanol–water partition coefficient (Wildman–Crippen LogP) is 4.74. The highest BCUT2D eigenvalue weighted by molar-refractivity contribution is 6.30. The number of methoxy groups -OCH3 is 1. The van der Waals surface area contributed by atoms with E-state index in [0.717, 1.165) is 17.1 Å². The van der Waals surface area contributed by atoms with Crippen LogP contribution < -0.4 is 9.47 Å². The second-order valence-corrected chi connectivity index (χ2v) is 6.42. The van der Waals surface area contributed by atoms with E-state index in [2.05, 4.69) is 0 Å². The number of hydrogen-bond acceptors (Lipinski definition) is 4. The van der Waals surface area contributed by atoms with Crippen LogP contribution in [0.4, 0.5) is 0 Å². The molecule has 0 aromatic heterocycles. The number of esters is 1. The van der Waals surface area contributed by atoms with Crippen molar-refractivity contribution in [1.29, 1.82) is 0 Å². The van der Waals surface area contributed by atoms with Crippen molar-refractivity contribution in [3.8, 4) is 11.5 Å². The van der Waals surface area contributed by atoms with Gasteiger partial charge in [0.25, 0.3) is 0 Å². The minimum Gasteiger partial charge on any atom is -0.493 e. The molecular weight excluding hydrogens is 340 g/mol. The molecule has 0 amide bonds. The van der Waals surface area contributed by atoms with Gasteiger partial charge in [0.15, 0.2) is 0 Å². The molecule has 0 aliphatic rings. The molecular formula is C20H23ClO4. The highest BCUT2D eigenvalue weighted by Gasteiger charge is 2.21. The van der Waals surface area contributed by atoms with Gasteiger partial charge in [-0.15, -0.1) is 0 Å². The standard InChI is InChI=1S/C20H23ClO4/c1-14(15(2)20(22)23-3)12-24-18-8-10-19(11-9-18)25-13-16-4-6-17(21)7-5-16/h4-11,14-15H,12-13H2,1-3H3. The number of carbonyl (C=O) groups is 1. The summed E-state index contributed by atoms with van der Waals surface area (Å²) in [5.41, 5.74) is 1.05. The topological polar surface area (TPSA) is 44.8 Å². The summed E-state index contributed by atoms with van der Waals surface area (Å²) in [6.07, 6.45) is 0. The third-order valence-corrected chi connectivity index (χ3v) is 4.33. The first kappa shape index (κ1) is 19.1. The SMILES string of the molecule is COC(=O)C(C)C(C)COc1ccc(OCc2ccc(Cl)cc2)cc1. The first-order valence-electron chi connectivity index (χ1n) is 8.17. The summed E-state index contributed by atoms with van der Waals surface area (Å²) >= 11 is 5.86. The molecule has 2 aromatic rings. The Morgan fingerprint density at radius 3 is 2.08 bits per heavy atom. The summed E-state index contributed by atoms with van der Waals surface area (Å²) < 4.78 is 16.2. The van der Waals surface area contributed by atoms with E-state index >= 15 is 0 Å². The molecule has 25 heavy (non-hydrogen) atoms. The van der Waals surface area contributed by atoms with Gasteiger partial charge in [0.05, 0.1) is 19.6 Å². The van der Waals surface area contributed by atoms with E-state index in [1.165, 1.54) is 7.11 Å². The summed E-state index contributed by atoms with van der Waals surface area (Å²) in [5.74, 6) is 1.14. The van der Waals surface area contributed by atoms with Crippen LogP contribution in [0.15, 0.2) is 48.5 Å². The Morgan fingerprint density at radius 1 is 0.960 bits per heavy atom. The van der Waals surface area contributed by atoms with Crippen LogP contribution in [0, 0.1) is 11.8 Å². The summed E-state index contributed by atoms with van der Waals surface area (Å²) in [7, 11) is 1.40. The molecule has 0 N–H and O–H groups in total. The molecule has 0 spiro atoms. The molecule has 4 nitrogen and oxygen atoms in total. The third kappa shape index (κ3) is 5.98. The van der Waals surface area contributed by atoms with Crippen molar-refractivity contribution in [2.45, 2.75) is 20.5 Å². The molecule has 5 heteroatoms. The number of carbonyl (C=O) groups excluding carboxylic acids is 1. The van der Waals surface area contributed by atoms with E-state index in [0.29, 0.717) is 18.2 Å². The van der Waals surface area contributed by atoms with Gasteiger partial charge in [-0.3, -0.25) is 4.79 Å². The number of halogens is 1. The zero-order chi connectivity index (χ0) is 18.2. The number of benzene rings is 2. The molecule has 0 aliphatic heterocycles. The molecule has 0 saturated heterocycles. The van der Waals surface area contributed by atoms with Crippen LogP contribution >= 0.6 is 11.6 Å². The van der Waals surface area contributed by atoms with Gasteiger partial charge in [-0.05, 0) is 42.0 Å². The number of hydrogen-bond donors (Lipinski definition) is 0. The normalized spacial score (nSPS) is 13.0. The summed E-state index contributed by atoms with van der Waals surface area (Å²) in [4.78, 5) is 11.5. The highest BCUT2D eigenvalue weighted by atomic mass is 35.5. The quantitative estimate of drug-likeness (QED) is 0.636. The van der Waals surface area contributed by atoms with Crippen molar-refractivity contribution in [3.05, 3.63) is 59.1 Å². The fraction of sp³-hybridized carbons (Fsp3) is 0.350. The van der Waals surface area contributed by atoms with E-state index < -0.39 is 0 Å². The zero-order valence-corrected chi connectivity index (χ0v) is 15.5. The Labute approximate surface area is 153 Å². The molecule has 0 bridgehead atoms. The molecule has 0 radical (unpaired) electrons. The maximum absolute atomic E-state index is 11.5. The van der Waals surface area contributed by atoms with Crippen molar-refractivity contribution < 1.29 is 19.0 Å². The predicted molar refractivity (Wildman–Crippen MR) is 98.1 cm³/mol. The van der Waals surface area contributed by atoms with Gasteiger partial charge in [0.1, 0.15) is 18.1 Å². The molecule has 0 fully saturated rings. The molecule has 2 aromatic carbocycles. The molecule has 134 valence electrons. The van der Waals surface area contributed by atoms with Crippen LogP contribution in [0.3, 0.4) is 0 Å². The van der Waals surface area contributed by atoms with Crippen LogP contribution in [0.1, 0.15) is 19.4 Å². The minimum absolute atomic E-state index is 0.0632. The van der Waals surface area contributed by atoms with Crippen LogP contribution in [-0.2, 0) is 16.1 Å². The maximum Gasteiger partial charge on any atom is 0.308 e. The largest absolute Gasteiger partial charge is 0.493 e. The van der Waals surface area contributed by atoms with Gasteiger partial charge in [-0.1, -0.05) is 37.6 Å². The second-order valence-electron chi connectivity index (χ2n) is 5.99. The van der Waals surface area contributed by atoms with Crippen molar-refractivity contribution in [3.63, 3.8) is 0 Å². The minimum atomic E-state index is -0.220. The summed E-state index contributed by atoms with van der Waals surface area (Å²) in [5, 5.41) is 0.709. The summed E-state index contributed by atoms with van der Waals surface area (Å²) in [6, 6.07) is 15.0. The lowest BCUT2D eigenvalue weighted by Gasteiger charge is -2.18. The van der Waals surface area contributed by atoms with E-state index in [1.54, 1.807) is 0 Å². The second kappa shape index (κ2) is 9.33. The Hall–Kier alpha value is -2.20. The molecule has 2 rings (SSSR count). The lowest BCUT2D eigenvalue weighted by atomic mass is 9.97. The van der Waals surface area contributed by atoms with Gasteiger partial charge in [0.2, 0.25) is 0 Å². The number of ether oxygens (including phenoxy) is 3.